The summed E-state index contributed by atoms with van der Waals surface area (Å²) in [6, 6.07) is 2.56. The first-order valence-corrected chi connectivity index (χ1v) is 8.27. The molecule has 2 rings (SSSR count). The van der Waals surface area contributed by atoms with Crippen LogP contribution in [-0.2, 0) is 6.42 Å². The Hall–Kier alpha value is -1.36. The smallest absolute Gasteiger partial charge is 0.134 e. The van der Waals surface area contributed by atoms with E-state index in [1.807, 2.05) is 6.07 Å². The zero-order chi connectivity index (χ0) is 15.1. The number of aryl methyl sites for hydroxylation is 1. The molecule has 0 spiro atoms. The van der Waals surface area contributed by atoms with Gasteiger partial charge in [0.05, 0.1) is 6.61 Å². The molecule has 0 atom stereocenters. The summed E-state index contributed by atoms with van der Waals surface area (Å²) >= 11 is 0. The van der Waals surface area contributed by atoms with Crippen LogP contribution >= 0.6 is 0 Å². The lowest BCUT2D eigenvalue weighted by Crippen LogP contribution is -2.42. The molecule has 1 fully saturated rings. The highest BCUT2D eigenvalue weighted by Crippen LogP contribution is 2.29. The maximum absolute atomic E-state index is 9.35. The Balaban J connectivity index is 2.22. The van der Waals surface area contributed by atoms with Crippen LogP contribution in [0.4, 0.5) is 11.6 Å². The van der Waals surface area contributed by atoms with Gasteiger partial charge in [-0.15, -0.1) is 0 Å². The summed E-state index contributed by atoms with van der Waals surface area (Å²) in [6.07, 6.45) is 6.69. The van der Waals surface area contributed by atoms with E-state index in [0.29, 0.717) is 12.6 Å². The van der Waals surface area contributed by atoms with E-state index in [4.69, 9.17) is 4.98 Å². The summed E-state index contributed by atoms with van der Waals surface area (Å²) in [6.45, 7) is 6.04. The molecule has 1 saturated carbocycles. The molecule has 0 unspecified atom stereocenters. The van der Waals surface area contributed by atoms with Gasteiger partial charge in [0.2, 0.25) is 0 Å². The lowest BCUT2D eigenvalue weighted by Gasteiger charge is -2.38. The van der Waals surface area contributed by atoms with Gasteiger partial charge < -0.3 is 15.3 Å². The first-order chi connectivity index (χ1) is 10.3. The molecule has 1 heterocycles. The standard InChI is InChI=1S/C16H28N4O/c1-3-6-14-18-15(17-9-4-2)12-16(19-14)20(10-11-21)13-7-5-8-13/h12-13,21H,3-11H2,1-2H3,(H,17,18,19). The van der Waals surface area contributed by atoms with Gasteiger partial charge in [-0.05, 0) is 32.1 Å². The Kier molecular flexibility index (Phi) is 6.23. The van der Waals surface area contributed by atoms with Gasteiger partial charge in [-0.2, -0.15) is 0 Å². The summed E-state index contributed by atoms with van der Waals surface area (Å²) in [5.74, 6) is 2.77. The molecule has 0 aliphatic heterocycles. The van der Waals surface area contributed by atoms with Crippen molar-refractivity contribution in [2.75, 3.05) is 29.9 Å². The van der Waals surface area contributed by atoms with Gasteiger partial charge >= 0.3 is 0 Å². The zero-order valence-electron chi connectivity index (χ0n) is 13.3. The zero-order valence-corrected chi connectivity index (χ0v) is 13.3. The van der Waals surface area contributed by atoms with Crippen molar-refractivity contribution in [3.05, 3.63) is 11.9 Å². The number of aliphatic hydroxyl groups is 1. The summed E-state index contributed by atoms with van der Waals surface area (Å²) in [4.78, 5) is 11.6. The van der Waals surface area contributed by atoms with Crippen molar-refractivity contribution in [1.82, 2.24) is 9.97 Å². The van der Waals surface area contributed by atoms with E-state index in [9.17, 15) is 5.11 Å². The summed E-state index contributed by atoms with van der Waals surface area (Å²) in [7, 11) is 0. The number of aromatic nitrogens is 2. The quantitative estimate of drug-likeness (QED) is 0.732. The van der Waals surface area contributed by atoms with E-state index in [2.05, 4.69) is 29.0 Å². The average molecular weight is 292 g/mol. The topological polar surface area (TPSA) is 61.3 Å². The van der Waals surface area contributed by atoms with Crippen LogP contribution in [0, 0.1) is 0 Å². The second-order valence-corrected chi connectivity index (χ2v) is 5.71. The van der Waals surface area contributed by atoms with Crippen molar-refractivity contribution in [3.8, 4) is 0 Å². The Bertz CT molecular complexity index is 434. The monoisotopic (exact) mass is 292 g/mol. The number of hydrogen-bond donors (Lipinski definition) is 2. The van der Waals surface area contributed by atoms with Crippen LogP contribution in [0.5, 0.6) is 0 Å². The lowest BCUT2D eigenvalue weighted by molar-refractivity contribution is 0.283. The lowest BCUT2D eigenvalue weighted by atomic mass is 9.91. The molecule has 5 nitrogen and oxygen atoms in total. The molecule has 2 N–H and O–H groups in total. The van der Waals surface area contributed by atoms with E-state index in [-0.39, 0.29) is 6.61 Å². The molecule has 1 aromatic heterocycles. The Morgan fingerprint density at radius 2 is 2.10 bits per heavy atom. The van der Waals surface area contributed by atoms with E-state index in [1.54, 1.807) is 0 Å². The van der Waals surface area contributed by atoms with Gasteiger partial charge in [0.1, 0.15) is 17.5 Å². The van der Waals surface area contributed by atoms with Crippen molar-refractivity contribution < 1.29 is 5.11 Å². The molecule has 21 heavy (non-hydrogen) atoms. The summed E-state index contributed by atoms with van der Waals surface area (Å²) < 4.78 is 0. The predicted molar refractivity (Wildman–Crippen MR) is 86.9 cm³/mol. The van der Waals surface area contributed by atoms with Crippen molar-refractivity contribution in [1.29, 1.82) is 0 Å². The van der Waals surface area contributed by atoms with Gasteiger partial charge in [-0.25, -0.2) is 9.97 Å². The van der Waals surface area contributed by atoms with Gasteiger partial charge in [0.25, 0.3) is 0 Å². The molecule has 0 aromatic carbocycles. The molecule has 5 heteroatoms. The molecule has 0 saturated heterocycles. The molecular weight excluding hydrogens is 264 g/mol. The second kappa shape index (κ2) is 8.17. The molecule has 1 aliphatic rings. The van der Waals surface area contributed by atoms with E-state index in [1.165, 1.54) is 19.3 Å². The van der Waals surface area contributed by atoms with Crippen LogP contribution < -0.4 is 10.2 Å². The van der Waals surface area contributed by atoms with E-state index < -0.39 is 0 Å². The highest BCUT2D eigenvalue weighted by atomic mass is 16.3. The normalized spacial score (nSPS) is 14.8. The fourth-order valence-electron chi connectivity index (χ4n) is 2.60. The average Bonchev–Trinajstić information content (AvgIpc) is 2.43. The van der Waals surface area contributed by atoms with Crippen LogP contribution in [0.1, 0.15) is 51.8 Å². The van der Waals surface area contributed by atoms with Gasteiger partial charge in [0, 0.05) is 31.6 Å². The number of hydrogen-bond acceptors (Lipinski definition) is 5. The molecule has 1 aromatic rings. The van der Waals surface area contributed by atoms with Crippen molar-refractivity contribution >= 4 is 11.6 Å². The highest BCUT2D eigenvalue weighted by molar-refractivity contribution is 5.50. The maximum Gasteiger partial charge on any atom is 0.134 e. The van der Waals surface area contributed by atoms with E-state index in [0.717, 1.165) is 43.3 Å². The van der Waals surface area contributed by atoms with Crippen molar-refractivity contribution in [3.63, 3.8) is 0 Å². The predicted octanol–water partition coefficient (Wildman–Crippen LogP) is 2.60. The maximum atomic E-state index is 9.35. The number of nitrogens with one attached hydrogen (secondary N) is 1. The Morgan fingerprint density at radius 1 is 1.29 bits per heavy atom. The minimum Gasteiger partial charge on any atom is -0.395 e. The summed E-state index contributed by atoms with van der Waals surface area (Å²) in [5, 5.41) is 12.7. The van der Waals surface area contributed by atoms with Gasteiger partial charge in [0.15, 0.2) is 0 Å². The number of anilines is 2. The highest BCUT2D eigenvalue weighted by Gasteiger charge is 2.26. The third kappa shape index (κ3) is 4.30. The van der Waals surface area contributed by atoms with Crippen LogP contribution in [0.25, 0.3) is 0 Å². The van der Waals surface area contributed by atoms with Crippen LogP contribution in [0.3, 0.4) is 0 Å². The van der Waals surface area contributed by atoms with Crippen LogP contribution in [0.15, 0.2) is 6.07 Å². The molecule has 0 amide bonds. The fourth-order valence-corrected chi connectivity index (χ4v) is 2.60. The van der Waals surface area contributed by atoms with Crippen molar-refractivity contribution in [2.45, 2.75) is 58.4 Å². The minimum absolute atomic E-state index is 0.168. The minimum atomic E-state index is 0.168. The molecule has 0 radical (unpaired) electrons. The van der Waals surface area contributed by atoms with Crippen molar-refractivity contribution in [2.24, 2.45) is 0 Å². The molecule has 0 bridgehead atoms. The fraction of sp³-hybridized carbons (Fsp3) is 0.750. The number of rotatable bonds is 9. The Morgan fingerprint density at radius 3 is 2.67 bits per heavy atom. The SMILES string of the molecule is CCCNc1cc(N(CCO)C2CCC2)nc(CCC)n1. The number of aliphatic hydroxyl groups excluding tert-OH is 1. The number of nitrogens with zero attached hydrogens (tertiary/aromatic N) is 3. The molecular formula is C16H28N4O. The van der Waals surface area contributed by atoms with Crippen LogP contribution in [0.2, 0.25) is 0 Å². The summed E-state index contributed by atoms with van der Waals surface area (Å²) in [5.41, 5.74) is 0. The Labute approximate surface area is 127 Å². The molecule has 1 aliphatic carbocycles. The largest absolute Gasteiger partial charge is 0.395 e. The van der Waals surface area contributed by atoms with Gasteiger partial charge in [-0.3, -0.25) is 0 Å². The third-order valence-electron chi connectivity index (χ3n) is 3.94. The third-order valence-corrected chi connectivity index (χ3v) is 3.94. The van der Waals surface area contributed by atoms with Crippen LogP contribution in [-0.4, -0.2) is 40.8 Å². The second-order valence-electron chi connectivity index (χ2n) is 5.71. The van der Waals surface area contributed by atoms with Gasteiger partial charge in [-0.1, -0.05) is 13.8 Å². The first kappa shape index (κ1) is 16.0. The first-order valence-electron chi connectivity index (χ1n) is 8.27. The molecule has 118 valence electrons. The van der Waals surface area contributed by atoms with E-state index >= 15 is 0 Å².